The molecule has 0 rings (SSSR count). The molecule has 0 bridgehead atoms. The topological polar surface area (TPSA) is 36.4 Å². The summed E-state index contributed by atoms with van der Waals surface area (Å²) >= 11 is 0. The second-order valence-corrected chi connectivity index (χ2v) is 7.52. The Balaban J connectivity index is -0.00000134. The van der Waals surface area contributed by atoms with Gasteiger partial charge in [0.25, 0.3) is 0 Å². The average molecular weight is 380 g/mol. The van der Waals surface area contributed by atoms with E-state index in [9.17, 15) is 0 Å². The van der Waals surface area contributed by atoms with Crippen molar-refractivity contribution in [2.75, 3.05) is 13.6 Å². The highest BCUT2D eigenvalue weighted by atomic mass is 15.0. The summed E-state index contributed by atoms with van der Waals surface area (Å²) in [7, 11) is 1.87. The normalized spacial score (nSPS) is 13.6. The van der Waals surface area contributed by atoms with Gasteiger partial charge in [-0.25, -0.2) is 0 Å². The second kappa shape index (κ2) is 19.4. The van der Waals surface area contributed by atoms with Crippen molar-refractivity contribution in [2.24, 2.45) is 10.4 Å². The number of hydrogen-bond acceptors (Lipinski definition) is 2. The molecule has 0 amide bonds. The van der Waals surface area contributed by atoms with Gasteiger partial charge in [0, 0.05) is 25.6 Å². The van der Waals surface area contributed by atoms with Gasteiger partial charge < -0.3 is 10.6 Å². The lowest BCUT2D eigenvalue weighted by Gasteiger charge is -2.21. The third-order valence-corrected chi connectivity index (χ3v) is 3.80. The Kier molecular flexibility index (Phi) is 21.8. The molecule has 0 aliphatic rings. The van der Waals surface area contributed by atoms with Crippen molar-refractivity contribution >= 4 is 5.84 Å². The van der Waals surface area contributed by atoms with Gasteiger partial charge in [0.1, 0.15) is 0 Å². The van der Waals surface area contributed by atoms with Crippen molar-refractivity contribution in [3.63, 3.8) is 0 Å². The summed E-state index contributed by atoms with van der Waals surface area (Å²) in [4.78, 5) is 4.39. The third-order valence-electron chi connectivity index (χ3n) is 3.80. The Labute approximate surface area is 171 Å². The summed E-state index contributed by atoms with van der Waals surface area (Å²) in [5, 5.41) is 6.97. The molecule has 3 nitrogen and oxygen atoms in total. The lowest BCUT2D eigenvalue weighted by atomic mass is 9.86. The number of nitrogens with one attached hydrogen (secondary N) is 2. The lowest BCUT2D eigenvalue weighted by molar-refractivity contribution is 0.515. The number of amidine groups is 1. The van der Waals surface area contributed by atoms with E-state index in [1.54, 1.807) is 0 Å². The molecule has 0 aromatic heterocycles. The van der Waals surface area contributed by atoms with E-state index in [0.717, 1.165) is 25.2 Å². The van der Waals surface area contributed by atoms with Gasteiger partial charge in [-0.2, -0.15) is 0 Å². The Morgan fingerprint density at radius 2 is 1.63 bits per heavy atom. The number of rotatable bonds is 9. The van der Waals surface area contributed by atoms with Crippen molar-refractivity contribution in [1.29, 1.82) is 0 Å². The summed E-state index contributed by atoms with van der Waals surface area (Å²) < 4.78 is 0. The van der Waals surface area contributed by atoms with Crippen LogP contribution in [0.25, 0.3) is 0 Å². The van der Waals surface area contributed by atoms with Gasteiger partial charge in [-0.05, 0) is 44.2 Å². The summed E-state index contributed by atoms with van der Waals surface area (Å²) in [5.74, 6) is 1.10. The molecule has 1 atom stereocenters. The molecule has 3 heteroatoms. The number of unbranched alkanes of at least 4 members (excludes halogenated alkanes) is 1. The molecule has 0 radical (unpaired) electrons. The van der Waals surface area contributed by atoms with Gasteiger partial charge in [0.2, 0.25) is 0 Å². The van der Waals surface area contributed by atoms with Crippen LogP contribution in [0.4, 0.5) is 0 Å². The quantitative estimate of drug-likeness (QED) is 0.157. The highest BCUT2D eigenvalue weighted by molar-refractivity contribution is 5.82. The molecule has 0 aliphatic carbocycles. The van der Waals surface area contributed by atoms with Gasteiger partial charge in [-0.1, -0.05) is 66.7 Å². The lowest BCUT2D eigenvalue weighted by Crippen LogP contribution is -2.31. The maximum Gasteiger partial charge on any atom is 0.0964 e. The van der Waals surface area contributed by atoms with Crippen LogP contribution in [0.15, 0.2) is 42.0 Å². The molecule has 2 N–H and O–H groups in total. The number of hydrogen-bond donors (Lipinski definition) is 2. The minimum atomic E-state index is 0.191. The van der Waals surface area contributed by atoms with Crippen LogP contribution in [0.5, 0.6) is 0 Å². The third kappa shape index (κ3) is 19.2. The summed E-state index contributed by atoms with van der Waals surface area (Å²) in [6, 6.07) is 0.862. The fraction of sp³-hybridized carbons (Fsp3) is 0.708. The number of allylic oxidation sites excluding steroid dienone is 3. The van der Waals surface area contributed by atoms with E-state index in [2.05, 4.69) is 95.5 Å². The zero-order valence-corrected chi connectivity index (χ0v) is 20.1. The van der Waals surface area contributed by atoms with Crippen LogP contribution in [0.1, 0.15) is 81.6 Å². The van der Waals surface area contributed by atoms with E-state index in [-0.39, 0.29) is 5.41 Å². The van der Waals surface area contributed by atoms with Crippen LogP contribution in [-0.2, 0) is 0 Å². The molecular formula is C24H49N3. The van der Waals surface area contributed by atoms with Crippen LogP contribution in [0.3, 0.4) is 0 Å². The first-order chi connectivity index (χ1) is 12.7. The maximum absolute atomic E-state index is 4.39. The summed E-state index contributed by atoms with van der Waals surface area (Å²) in [6.45, 7) is 26.5. The SMILES string of the molecule is C/C=C(\C=C/C(C)NC(CCCCNC(C)C)=NC)C(C)(C)C.C=C.CC. The second-order valence-electron chi connectivity index (χ2n) is 7.52. The Hall–Kier alpha value is -1.35. The molecule has 0 aromatic rings. The molecule has 0 saturated carbocycles. The zero-order valence-electron chi connectivity index (χ0n) is 20.1. The average Bonchev–Trinajstić information content (AvgIpc) is 2.62. The van der Waals surface area contributed by atoms with Crippen LogP contribution in [-0.4, -0.2) is 31.5 Å². The molecule has 0 aromatic carbocycles. The number of aliphatic imine (C=N–C) groups is 1. The van der Waals surface area contributed by atoms with Gasteiger partial charge in [0.15, 0.2) is 0 Å². The van der Waals surface area contributed by atoms with Crippen LogP contribution < -0.4 is 10.6 Å². The molecule has 0 heterocycles. The predicted octanol–water partition coefficient (Wildman–Crippen LogP) is 6.54. The van der Waals surface area contributed by atoms with Crippen LogP contribution >= 0.6 is 0 Å². The van der Waals surface area contributed by atoms with E-state index >= 15 is 0 Å². The zero-order chi connectivity index (χ0) is 21.9. The molecule has 0 fully saturated rings. The monoisotopic (exact) mass is 379 g/mol. The van der Waals surface area contributed by atoms with E-state index in [1.165, 1.54) is 12.0 Å². The fourth-order valence-corrected chi connectivity index (χ4v) is 2.39. The molecule has 0 saturated heterocycles. The first-order valence-electron chi connectivity index (χ1n) is 10.5. The smallest absolute Gasteiger partial charge is 0.0964 e. The molecule has 160 valence electrons. The molecule has 27 heavy (non-hydrogen) atoms. The van der Waals surface area contributed by atoms with Crippen molar-refractivity contribution in [2.45, 2.75) is 93.7 Å². The molecule has 0 spiro atoms. The minimum absolute atomic E-state index is 0.191. The van der Waals surface area contributed by atoms with E-state index in [4.69, 9.17) is 0 Å². The van der Waals surface area contributed by atoms with Gasteiger partial charge in [-0.15, -0.1) is 13.2 Å². The van der Waals surface area contributed by atoms with E-state index in [0.29, 0.717) is 12.1 Å². The Morgan fingerprint density at radius 3 is 2.04 bits per heavy atom. The van der Waals surface area contributed by atoms with Crippen LogP contribution in [0, 0.1) is 5.41 Å². The fourth-order valence-electron chi connectivity index (χ4n) is 2.39. The maximum atomic E-state index is 4.39. The van der Waals surface area contributed by atoms with Gasteiger partial charge >= 0.3 is 0 Å². The van der Waals surface area contributed by atoms with E-state index in [1.807, 2.05) is 20.9 Å². The first kappa shape index (κ1) is 30.4. The summed E-state index contributed by atoms with van der Waals surface area (Å²) in [6.07, 6.45) is 10.0. The highest BCUT2D eigenvalue weighted by Crippen LogP contribution is 2.25. The van der Waals surface area contributed by atoms with Gasteiger partial charge in [0.05, 0.1) is 5.84 Å². The Morgan fingerprint density at radius 1 is 1.07 bits per heavy atom. The van der Waals surface area contributed by atoms with E-state index < -0.39 is 0 Å². The van der Waals surface area contributed by atoms with Crippen LogP contribution in [0.2, 0.25) is 0 Å². The van der Waals surface area contributed by atoms with Crippen molar-refractivity contribution in [3.05, 3.63) is 37.0 Å². The largest absolute Gasteiger partial charge is 0.368 e. The summed E-state index contributed by atoms with van der Waals surface area (Å²) in [5.41, 5.74) is 1.55. The van der Waals surface area contributed by atoms with Crippen molar-refractivity contribution in [3.8, 4) is 0 Å². The standard InChI is InChI=1S/C20H39N3.C2H6.C2H4/c1-9-18(20(5,6)7)14-13-17(4)23-19(21-8)12-10-11-15-22-16(2)3;2*1-2/h9,13-14,16-17,22H,10-12,15H2,1-8H3,(H,21,23);1-2H3;1-2H2/b14-13-,18-9+;;. The predicted molar refractivity (Wildman–Crippen MR) is 128 cm³/mol. The number of nitrogens with zero attached hydrogens (tertiary/aromatic N) is 1. The first-order valence-corrected chi connectivity index (χ1v) is 10.5. The van der Waals surface area contributed by atoms with Gasteiger partial charge in [-0.3, -0.25) is 4.99 Å². The molecule has 1 unspecified atom stereocenters. The molecule has 0 aliphatic heterocycles. The highest BCUT2D eigenvalue weighted by Gasteiger charge is 2.13. The van der Waals surface area contributed by atoms with Crippen molar-refractivity contribution < 1.29 is 0 Å². The Bertz CT molecular complexity index is 412. The van der Waals surface area contributed by atoms with Crippen molar-refractivity contribution in [1.82, 2.24) is 10.6 Å². The minimum Gasteiger partial charge on any atom is -0.368 e. The molecular weight excluding hydrogens is 330 g/mol.